The van der Waals surface area contributed by atoms with Gasteiger partial charge < -0.3 is 11.5 Å². The number of carbonyl (C=O) groups is 1. The number of carbonyl (C=O) groups excluding carboxylic acids is 1. The van der Waals surface area contributed by atoms with Crippen molar-refractivity contribution in [2.24, 2.45) is 5.73 Å². The summed E-state index contributed by atoms with van der Waals surface area (Å²) in [4.78, 5) is 12.6. The third-order valence-corrected chi connectivity index (χ3v) is 4.54. The number of hydrogen-bond donors (Lipinski definition) is 2. The van der Waals surface area contributed by atoms with E-state index in [-0.39, 0.29) is 5.41 Å². The Labute approximate surface area is 93.5 Å². The predicted molar refractivity (Wildman–Crippen MR) is 63.3 cm³/mol. The molecule has 1 heterocycles. The minimum absolute atomic E-state index is 0.126. The molecule has 4 heteroatoms. The van der Waals surface area contributed by atoms with Crippen molar-refractivity contribution < 1.29 is 4.79 Å². The summed E-state index contributed by atoms with van der Waals surface area (Å²) in [6.07, 6.45) is 1.06. The van der Waals surface area contributed by atoms with Crippen molar-refractivity contribution >= 4 is 22.2 Å². The first-order valence-corrected chi connectivity index (χ1v) is 5.88. The minimum Gasteiger partial charge on any atom is -0.390 e. The molecule has 0 aliphatic heterocycles. The SMILES string of the molecule is CC1CC(C)(C)c2sc(N)c(C(N)=O)c21. The van der Waals surface area contributed by atoms with Crippen LogP contribution in [0.3, 0.4) is 0 Å². The first kappa shape index (κ1) is 10.5. The molecular formula is C11H16N2OS. The van der Waals surface area contributed by atoms with Gasteiger partial charge in [0.2, 0.25) is 0 Å². The van der Waals surface area contributed by atoms with Gasteiger partial charge in [0.25, 0.3) is 5.91 Å². The molecule has 0 aromatic carbocycles. The second-order valence-corrected chi connectivity index (χ2v) is 5.99. The molecule has 4 N–H and O–H groups in total. The van der Waals surface area contributed by atoms with Crippen molar-refractivity contribution in [2.45, 2.75) is 38.5 Å². The van der Waals surface area contributed by atoms with Crippen LogP contribution in [0.2, 0.25) is 0 Å². The number of rotatable bonds is 1. The Balaban J connectivity index is 2.69. The van der Waals surface area contributed by atoms with Crippen LogP contribution in [0.1, 0.15) is 53.9 Å². The highest BCUT2D eigenvalue weighted by Crippen LogP contribution is 2.52. The highest BCUT2D eigenvalue weighted by atomic mass is 32.1. The van der Waals surface area contributed by atoms with Gasteiger partial charge in [0, 0.05) is 10.3 Å². The fraction of sp³-hybridized carbons (Fsp3) is 0.545. The van der Waals surface area contributed by atoms with E-state index in [0.29, 0.717) is 16.5 Å². The summed E-state index contributed by atoms with van der Waals surface area (Å²) in [6, 6.07) is 0. The molecule has 1 atom stereocenters. The van der Waals surface area contributed by atoms with E-state index in [0.717, 1.165) is 12.0 Å². The van der Waals surface area contributed by atoms with Crippen molar-refractivity contribution in [3.8, 4) is 0 Å². The van der Waals surface area contributed by atoms with Crippen molar-refractivity contribution in [1.82, 2.24) is 0 Å². The van der Waals surface area contributed by atoms with Gasteiger partial charge >= 0.3 is 0 Å². The van der Waals surface area contributed by atoms with E-state index in [1.54, 1.807) is 0 Å². The zero-order chi connectivity index (χ0) is 11.4. The Morgan fingerprint density at radius 2 is 2.13 bits per heavy atom. The van der Waals surface area contributed by atoms with Crippen LogP contribution in [-0.2, 0) is 5.41 Å². The number of amides is 1. The molecule has 0 spiro atoms. The number of thiophene rings is 1. The van der Waals surface area contributed by atoms with E-state index in [1.807, 2.05) is 0 Å². The molecular weight excluding hydrogens is 208 g/mol. The molecule has 82 valence electrons. The molecule has 1 aliphatic rings. The van der Waals surface area contributed by atoms with Crippen molar-refractivity contribution in [1.29, 1.82) is 0 Å². The second-order valence-electron chi connectivity index (χ2n) is 4.94. The first-order chi connectivity index (χ1) is 6.84. The normalized spacial score (nSPS) is 22.7. The van der Waals surface area contributed by atoms with E-state index in [4.69, 9.17) is 11.5 Å². The van der Waals surface area contributed by atoms with E-state index in [9.17, 15) is 4.79 Å². The lowest BCUT2D eigenvalue weighted by molar-refractivity contribution is 0.100. The number of nitrogens with two attached hydrogens (primary N) is 2. The molecule has 1 unspecified atom stereocenters. The third-order valence-electron chi connectivity index (χ3n) is 3.14. The van der Waals surface area contributed by atoms with Crippen LogP contribution in [0, 0.1) is 0 Å². The Bertz CT molecular complexity index is 434. The minimum atomic E-state index is -0.394. The molecule has 0 saturated carbocycles. The Morgan fingerprint density at radius 1 is 1.53 bits per heavy atom. The molecule has 0 bridgehead atoms. The predicted octanol–water partition coefficient (Wildman–Crippen LogP) is 2.21. The van der Waals surface area contributed by atoms with Gasteiger partial charge in [-0.25, -0.2) is 0 Å². The molecule has 1 amide bonds. The summed E-state index contributed by atoms with van der Waals surface area (Å²) >= 11 is 1.52. The van der Waals surface area contributed by atoms with Gasteiger partial charge in [0.15, 0.2) is 0 Å². The molecule has 3 nitrogen and oxygen atoms in total. The highest BCUT2D eigenvalue weighted by Gasteiger charge is 2.40. The highest BCUT2D eigenvalue weighted by molar-refractivity contribution is 7.16. The van der Waals surface area contributed by atoms with E-state index >= 15 is 0 Å². The molecule has 2 rings (SSSR count). The standard InChI is InChI=1S/C11H16N2OS/c1-5-4-11(2,3)8-6(5)7(9(12)14)10(13)15-8/h5H,4,13H2,1-3H3,(H2,12,14). The van der Waals surface area contributed by atoms with Crippen molar-refractivity contribution in [3.05, 3.63) is 16.0 Å². The number of primary amides is 1. The lowest BCUT2D eigenvalue weighted by Crippen LogP contribution is -2.14. The molecule has 1 aromatic heterocycles. The molecule has 0 fully saturated rings. The van der Waals surface area contributed by atoms with Crippen LogP contribution in [0.25, 0.3) is 0 Å². The number of fused-ring (bicyclic) bond motifs is 1. The molecule has 1 aliphatic carbocycles. The molecule has 0 radical (unpaired) electrons. The number of anilines is 1. The van der Waals surface area contributed by atoms with Crippen molar-refractivity contribution in [3.63, 3.8) is 0 Å². The largest absolute Gasteiger partial charge is 0.390 e. The van der Waals surface area contributed by atoms with E-state index in [2.05, 4.69) is 20.8 Å². The second kappa shape index (κ2) is 2.98. The molecule has 15 heavy (non-hydrogen) atoms. The summed E-state index contributed by atoms with van der Waals surface area (Å²) in [5, 5.41) is 0.576. The van der Waals surface area contributed by atoms with E-state index < -0.39 is 5.91 Å². The fourth-order valence-electron chi connectivity index (χ4n) is 2.65. The molecule has 0 saturated heterocycles. The number of nitrogen functional groups attached to an aromatic ring is 1. The summed E-state index contributed by atoms with van der Waals surface area (Å²) in [5.74, 6) is -0.0133. The lowest BCUT2D eigenvalue weighted by Gasteiger charge is -2.17. The summed E-state index contributed by atoms with van der Waals surface area (Å²) in [7, 11) is 0. The number of hydrogen-bond acceptors (Lipinski definition) is 3. The zero-order valence-electron chi connectivity index (χ0n) is 9.26. The smallest absolute Gasteiger partial charge is 0.251 e. The van der Waals surface area contributed by atoms with E-state index in [1.165, 1.54) is 16.2 Å². The van der Waals surface area contributed by atoms with Crippen molar-refractivity contribution in [2.75, 3.05) is 5.73 Å². The van der Waals surface area contributed by atoms with Crippen LogP contribution in [-0.4, -0.2) is 5.91 Å². The maximum Gasteiger partial charge on any atom is 0.251 e. The van der Waals surface area contributed by atoms with Crippen LogP contribution in [0.4, 0.5) is 5.00 Å². The first-order valence-electron chi connectivity index (χ1n) is 5.07. The van der Waals surface area contributed by atoms with Gasteiger partial charge in [-0.15, -0.1) is 11.3 Å². The Kier molecular flexibility index (Phi) is 2.08. The van der Waals surface area contributed by atoms with Gasteiger partial charge in [-0.2, -0.15) is 0 Å². The summed E-state index contributed by atoms with van der Waals surface area (Å²) in [6.45, 7) is 6.51. The average Bonchev–Trinajstić information content (AvgIpc) is 2.50. The van der Waals surface area contributed by atoms with Crippen LogP contribution in [0.5, 0.6) is 0 Å². The third kappa shape index (κ3) is 1.35. The maximum absolute atomic E-state index is 11.3. The van der Waals surface area contributed by atoms with Gasteiger partial charge in [-0.1, -0.05) is 20.8 Å². The van der Waals surface area contributed by atoms with Gasteiger partial charge in [-0.3, -0.25) is 4.79 Å². The van der Waals surface area contributed by atoms with Gasteiger partial charge in [0.05, 0.1) is 10.6 Å². The summed E-state index contributed by atoms with van der Waals surface area (Å²) < 4.78 is 0. The zero-order valence-corrected chi connectivity index (χ0v) is 10.1. The monoisotopic (exact) mass is 224 g/mol. The maximum atomic E-state index is 11.3. The summed E-state index contributed by atoms with van der Waals surface area (Å²) in [5.41, 5.74) is 13.0. The lowest BCUT2D eigenvalue weighted by atomic mass is 9.91. The Morgan fingerprint density at radius 3 is 2.67 bits per heavy atom. The fourth-order valence-corrected chi connectivity index (χ4v) is 3.95. The van der Waals surface area contributed by atoms with Crippen LogP contribution < -0.4 is 11.5 Å². The molecule has 1 aromatic rings. The average molecular weight is 224 g/mol. The van der Waals surface area contributed by atoms with Crippen LogP contribution >= 0.6 is 11.3 Å². The van der Waals surface area contributed by atoms with Gasteiger partial charge in [0.1, 0.15) is 0 Å². The quantitative estimate of drug-likeness (QED) is 0.768. The van der Waals surface area contributed by atoms with Gasteiger partial charge in [-0.05, 0) is 17.9 Å². The Hall–Kier alpha value is -1.03. The topological polar surface area (TPSA) is 69.1 Å². The van der Waals surface area contributed by atoms with Crippen LogP contribution in [0.15, 0.2) is 0 Å².